The minimum atomic E-state index is -0.361. The predicted octanol–water partition coefficient (Wildman–Crippen LogP) is 2.68. The van der Waals surface area contributed by atoms with Gasteiger partial charge in [-0.15, -0.1) is 0 Å². The Morgan fingerprint density at radius 3 is 3.00 bits per heavy atom. The first-order valence-corrected chi connectivity index (χ1v) is 8.00. The number of amides is 1. The fourth-order valence-corrected chi connectivity index (χ4v) is 2.94. The number of carbonyl (C=O) groups excluding carboxylic acids is 1. The molecule has 3 atom stereocenters. The lowest BCUT2D eigenvalue weighted by atomic mass is 9.87. The molecule has 0 heterocycles. The summed E-state index contributed by atoms with van der Waals surface area (Å²) in [5.41, 5.74) is 0.479. The molecule has 1 aliphatic carbocycles. The number of aliphatic hydroxyl groups excluding tert-OH is 1. The van der Waals surface area contributed by atoms with E-state index in [0.717, 1.165) is 32.2 Å². The summed E-state index contributed by atoms with van der Waals surface area (Å²) in [4.78, 5) is 11.9. The Balaban J connectivity index is 1.69. The molecule has 1 amide bonds. The molecule has 1 aliphatic rings. The lowest BCUT2D eigenvalue weighted by Gasteiger charge is -2.27. The third-order valence-corrected chi connectivity index (χ3v) is 4.11. The Bertz CT molecular complexity index is 495. The maximum Gasteiger partial charge on any atom is 0.225 e. The summed E-state index contributed by atoms with van der Waals surface area (Å²) in [6.07, 6.45) is 4.12. The summed E-state index contributed by atoms with van der Waals surface area (Å²) in [6, 6.07) is 5.94. The molecule has 1 fully saturated rings. The third-order valence-electron chi connectivity index (χ3n) is 4.11. The van der Waals surface area contributed by atoms with Crippen LogP contribution >= 0.6 is 0 Å². The van der Waals surface area contributed by atoms with Gasteiger partial charge in [0.05, 0.1) is 6.10 Å². The van der Waals surface area contributed by atoms with Gasteiger partial charge < -0.3 is 15.7 Å². The van der Waals surface area contributed by atoms with Gasteiger partial charge in [-0.25, -0.2) is 4.39 Å². The van der Waals surface area contributed by atoms with Crippen LogP contribution in [0.5, 0.6) is 0 Å². The van der Waals surface area contributed by atoms with Crippen LogP contribution in [-0.4, -0.2) is 29.7 Å². The summed E-state index contributed by atoms with van der Waals surface area (Å²) in [6.45, 7) is 2.79. The average Bonchev–Trinajstić information content (AvgIpc) is 2.45. The van der Waals surface area contributed by atoms with Gasteiger partial charge in [0.25, 0.3) is 0 Å². The number of anilines is 1. The van der Waals surface area contributed by atoms with Gasteiger partial charge in [0.1, 0.15) is 5.82 Å². The largest absolute Gasteiger partial charge is 0.393 e. The van der Waals surface area contributed by atoms with Crippen molar-refractivity contribution in [1.29, 1.82) is 0 Å². The van der Waals surface area contributed by atoms with Gasteiger partial charge in [0.15, 0.2) is 0 Å². The Morgan fingerprint density at radius 1 is 1.45 bits per heavy atom. The van der Waals surface area contributed by atoms with Crippen LogP contribution in [0.15, 0.2) is 24.3 Å². The van der Waals surface area contributed by atoms with Crippen LogP contribution in [0.4, 0.5) is 10.1 Å². The van der Waals surface area contributed by atoms with E-state index >= 15 is 0 Å². The second-order valence-electron chi connectivity index (χ2n) is 6.26. The van der Waals surface area contributed by atoms with Crippen molar-refractivity contribution < 1.29 is 14.3 Å². The molecule has 0 bridgehead atoms. The SMILES string of the molecule is CC(CC(=O)Nc1cccc(F)c1)NCC1CCCC(O)C1. The maximum absolute atomic E-state index is 13.1. The van der Waals surface area contributed by atoms with E-state index < -0.39 is 0 Å². The van der Waals surface area contributed by atoms with Crippen molar-refractivity contribution in [3.8, 4) is 0 Å². The molecule has 1 saturated carbocycles. The molecule has 5 heteroatoms. The topological polar surface area (TPSA) is 61.4 Å². The highest BCUT2D eigenvalue weighted by atomic mass is 19.1. The standard InChI is InChI=1S/C17H25FN2O2/c1-12(19-11-13-4-2-7-16(21)9-13)8-17(22)20-15-6-3-5-14(18)10-15/h3,5-6,10,12-13,16,19,21H,2,4,7-9,11H2,1H3,(H,20,22). The van der Waals surface area contributed by atoms with Crippen LogP contribution in [0.2, 0.25) is 0 Å². The minimum Gasteiger partial charge on any atom is -0.393 e. The van der Waals surface area contributed by atoms with Crippen LogP contribution in [-0.2, 0) is 4.79 Å². The number of nitrogens with one attached hydrogen (secondary N) is 2. The number of carbonyl (C=O) groups is 1. The number of rotatable bonds is 6. The number of hydrogen-bond donors (Lipinski definition) is 3. The second-order valence-corrected chi connectivity index (χ2v) is 6.26. The molecule has 2 rings (SSSR count). The van der Waals surface area contributed by atoms with Crippen LogP contribution in [0.25, 0.3) is 0 Å². The highest BCUT2D eigenvalue weighted by molar-refractivity contribution is 5.91. The van der Waals surface area contributed by atoms with Crippen molar-refractivity contribution in [3.05, 3.63) is 30.1 Å². The Kier molecular flexibility index (Phi) is 6.34. The van der Waals surface area contributed by atoms with E-state index in [-0.39, 0.29) is 23.9 Å². The zero-order valence-electron chi connectivity index (χ0n) is 13.0. The van der Waals surface area contributed by atoms with E-state index in [1.807, 2.05) is 6.92 Å². The van der Waals surface area contributed by atoms with E-state index in [4.69, 9.17) is 0 Å². The first-order valence-electron chi connectivity index (χ1n) is 8.00. The average molecular weight is 308 g/mol. The quantitative estimate of drug-likeness (QED) is 0.757. The number of hydrogen-bond acceptors (Lipinski definition) is 3. The molecule has 0 aromatic heterocycles. The van der Waals surface area contributed by atoms with Crippen molar-refractivity contribution in [1.82, 2.24) is 5.32 Å². The lowest BCUT2D eigenvalue weighted by Crippen LogP contribution is -2.36. The molecule has 0 aliphatic heterocycles. The molecule has 0 spiro atoms. The highest BCUT2D eigenvalue weighted by Gasteiger charge is 2.20. The van der Waals surface area contributed by atoms with Crippen molar-refractivity contribution in [2.24, 2.45) is 5.92 Å². The molecule has 3 unspecified atom stereocenters. The normalized spacial score (nSPS) is 23.0. The molecule has 0 radical (unpaired) electrons. The number of aliphatic hydroxyl groups is 1. The molecule has 3 N–H and O–H groups in total. The molecule has 4 nitrogen and oxygen atoms in total. The van der Waals surface area contributed by atoms with Crippen LogP contribution in [0.1, 0.15) is 39.0 Å². The second kappa shape index (κ2) is 8.25. The zero-order chi connectivity index (χ0) is 15.9. The Hall–Kier alpha value is -1.46. The molecule has 1 aromatic carbocycles. The first-order chi connectivity index (χ1) is 10.5. The van der Waals surface area contributed by atoms with Gasteiger partial charge in [0, 0.05) is 18.2 Å². The van der Waals surface area contributed by atoms with Crippen molar-refractivity contribution in [2.45, 2.75) is 51.2 Å². The summed E-state index contributed by atoms with van der Waals surface area (Å²) < 4.78 is 13.1. The molecule has 0 saturated heterocycles. The van der Waals surface area contributed by atoms with E-state index in [0.29, 0.717) is 18.0 Å². The lowest BCUT2D eigenvalue weighted by molar-refractivity contribution is -0.116. The summed E-state index contributed by atoms with van der Waals surface area (Å²) in [7, 11) is 0. The van der Waals surface area contributed by atoms with E-state index in [9.17, 15) is 14.3 Å². The molecule has 122 valence electrons. The van der Waals surface area contributed by atoms with Gasteiger partial charge in [-0.2, -0.15) is 0 Å². The fourth-order valence-electron chi connectivity index (χ4n) is 2.94. The van der Waals surface area contributed by atoms with Gasteiger partial charge >= 0.3 is 0 Å². The van der Waals surface area contributed by atoms with Crippen molar-refractivity contribution >= 4 is 11.6 Å². The number of benzene rings is 1. The Morgan fingerprint density at radius 2 is 2.27 bits per heavy atom. The Labute approximate surface area is 131 Å². The first kappa shape index (κ1) is 16.9. The van der Waals surface area contributed by atoms with Gasteiger partial charge in [-0.1, -0.05) is 12.5 Å². The zero-order valence-corrected chi connectivity index (χ0v) is 13.0. The summed E-state index contributed by atoms with van der Waals surface area (Å²) in [5.74, 6) is -0.00779. The predicted molar refractivity (Wildman–Crippen MR) is 85.1 cm³/mol. The van der Waals surface area contributed by atoms with Crippen LogP contribution in [0.3, 0.4) is 0 Å². The van der Waals surface area contributed by atoms with E-state index in [1.165, 1.54) is 12.1 Å². The fraction of sp³-hybridized carbons (Fsp3) is 0.588. The van der Waals surface area contributed by atoms with Gasteiger partial charge in [-0.05, 0) is 56.8 Å². The highest BCUT2D eigenvalue weighted by Crippen LogP contribution is 2.23. The smallest absolute Gasteiger partial charge is 0.225 e. The molecule has 1 aromatic rings. The van der Waals surface area contributed by atoms with Crippen LogP contribution < -0.4 is 10.6 Å². The third kappa shape index (κ3) is 5.73. The molecular weight excluding hydrogens is 283 g/mol. The van der Waals surface area contributed by atoms with E-state index in [1.54, 1.807) is 12.1 Å². The number of halogens is 1. The molecule has 22 heavy (non-hydrogen) atoms. The van der Waals surface area contributed by atoms with Gasteiger partial charge in [0.2, 0.25) is 5.91 Å². The van der Waals surface area contributed by atoms with Crippen LogP contribution in [0, 0.1) is 11.7 Å². The summed E-state index contributed by atoms with van der Waals surface area (Å²) >= 11 is 0. The van der Waals surface area contributed by atoms with Gasteiger partial charge in [-0.3, -0.25) is 4.79 Å². The maximum atomic E-state index is 13.1. The van der Waals surface area contributed by atoms with E-state index in [2.05, 4.69) is 10.6 Å². The van der Waals surface area contributed by atoms with Crippen molar-refractivity contribution in [3.63, 3.8) is 0 Å². The summed E-state index contributed by atoms with van der Waals surface area (Å²) in [5, 5.41) is 15.7. The monoisotopic (exact) mass is 308 g/mol. The van der Waals surface area contributed by atoms with Crippen molar-refractivity contribution in [2.75, 3.05) is 11.9 Å². The minimum absolute atomic E-state index is 0.0487. The molecular formula is C17H25FN2O2.